The van der Waals surface area contributed by atoms with Gasteiger partial charge in [0.2, 0.25) is 0 Å². The third kappa shape index (κ3) is 3.53. The number of hydrogen-bond acceptors (Lipinski definition) is 4. The standard InChI is InChI=1S/C15H26N4/c1-18-11-7-15(13-16,8-12-18)19(2)10-6-14-5-3-4-9-17-14/h3-5,9H,6-8,10-13,16H2,1-2H3. The molecule has 1 aromatic heterocycles. The molecular weight excluding hydrogens is 236 g/mol. The molecule has 0 aromatic carbocycles. The van der Waals surface area contributed by atoms with E-state index in [9.17, 15) is 0 Å². The van der Waals surface area contributed by atoms with E-state index in [2.05, 4.69) is 41.0 Å². The summed E-state index contributed by atoms with van der Waals surface area (Å²) >= 11 is 0. The summed E-state index contributed by atoms with van der Waals surface area (Å²) in [5, 5.41) is 0. The third-order valence-electron chi connectivity index (χ3n) is 4.54. The fraction of sp³-hybridized carbons (Fsp3) is 0.667. The normalized spacial score (nSPS) is 19.8. The lowest BCUT2D eigenvalue weighted by Crippen LogP contribution is -2.58. The summed E-state index contributed by atoms with van der Waals surface area (Å²) < 4.78 is 0. The van der Waals surface area contributed by atoms with Gasteiger partial charge in [0.25, 0.3) is 0 Å². The molecule has 0 aliphatic carbocycles. The van der Waals surface area contributed by atoms with E-state index in [1.165, 1.54) is 12.8 Å². The second kappa shape index (κ2) is 6.46. The number of rotatable bonds is 5. The van der Waals surface area contributed by atoms with Gasteiger partial charge in [-0.3, -0.25) is 9.88 Å². The number of nitrogens with two attached hydrogens (primary N) is 1. The van der Waals surface area contributed by atoms with Crippen LogP contribution in [0.25, 0.3) is 0 Å². The fourth-order valence-corrected chi connectivity index (χ4v) is 2.84. The first-order valence-corrected chi connectivity index (χ1v) is 7.16. The maximum absolute atomic E-state index is 6.08. The van der Waals surface area contributed by atoms with Crippen molar-refractivity contribution in [3.8, 4) is 0 Å². The van der Waals surface area contributed by atoms with Crippen molar-refractivity contribution in [3.05, 3.63) is 30.1 Å². The Labute approximate surface area is 116 Å². The average molecular weight is 262 g/mol. The molecule has 0 spiro atoms. The highest BCUT2D eigenvalue weighted by Crippen LogP contribution is 2.26. The molecule has 4 heteroatoms. The van der Waals surface area contributed by atoms with Crippen molar-refractivity contribution >= 4 is 0 Å². The molecule has 0 bridgehead atoms. The molecule has 106 valence electrons. The Morgan fingerprint density at radius 3 is 2.68 bits per heavy atom. The molecule has 1 fully saturated rings. The van der Waals surface area contributed by atoms with E-state index < -0.39 is 0 Å². The highest BCUT2D eigenvalue weighted by atomic mass is 15.2. The summed E-state index contributed by atoms with van der Waals surface area (Å²) in [6, 6.07) is 6.11. The molecule has 0 saturated carbocycles. The smallest absolute Gasteiger partial charge is 0.0416 e. The van der Waals surface area contributed by atoms with Crippen molar-refractivity contribution in [1.29, 1.82) is 0 Å². The lowest BCUT2D eigenvalue weighted by molar-refractivity contribution is 0.0548. The van der Waals surface area contributed by atoms with Crippen LogP contribution >= 0.6 is 0 Å². The first-order chi connectivity index (χ1) is 9.16. The predicted molar refractivity (Wildman–Crippen MR) is 79.1 cm³/mol. The molecular formula is C15H26N4. The van der Waals surface area contributed by atoms with Crippen molar-refractivity contribution in [2.24, 2.45) is 5.73 Å². The maximum Gasteiger partial charge on any atom is 0.0416 e. The molecule has 2 N–H and O–H groups in total. The Morgan fingerprint density at radius 1 is 1.37 bits per heavy atom. The Balaban J connectivity index is 1.92. The fourth-order valence-electron chi connectivity index (χ4n) is 2.84. The van der Waals surface area contributed by atoms with Crippen molar-refractivity contribution in [2.45, 2.75) is 24.8 Å². The average Bonchev–Trinajstić information content (AvgIpc) is 2.47. The van der Waals surface area contributed by atoms with E-state index >= 15 is 0 Å². The van der Waals surface area contributed by atoms with E-state index in [0.717, 1.165) is 38.3 Å². The van der Waals surface area contributed by atoms with Crippen LogP contribution in [0.4, 0.5) is 0 Å². The minimum atomic E-state index is 0.182. The van der Waals surface area contributed by atoms with Gasteiger partial charge in [-0.15, -0.1) is 0 Å². The predicted octanol–water partition coefficient (Wildman–Crippen LogP) is 0.979. The monoisotopic (exact) mass is 262 g/mol. The summed E-state index contributed by atoms with van der Waals surface area (Å²) in [4.78, 5) is 9.23. The maximum atomic E-state index is 6.08. The summed E-state index contributed by atoms with van der Waals surface area (Å²) in [6.45, 7) is 4.06. The molecule has 1 saturated heterocycles. The van der Waals surface area contributed by atoms with Crippen molar-refractivity contribution in [3.63, 3.8) is 0 Å². The first kappa shape index (κ1) is 14.4. The van der Waals surface area contributed by atoms with E-state index in [0.29, 0.717) is 0 Å². The molecule has 4 nitrogen and oxygen atoms in total. The van der Waals surface area contributed by atoms with Crippen LogP contribution in [-0.4, -0.2) is 60.6 Å². The number of hydrogen-bond donors (Lipinski definition) is 1. The number of pyridine rings is 1. The second-order valence-electron chi connectivity index (χ2n) is 5.72. The van der Waals surface area contributed by atoms with E-state index in [1.54, 1.807) is 0 Å². The number of piperidine rings is 1. The van der Waals surface area contributed by atoms with Gasteiger partial charge in [-0.2, -0.15) is 0 Å². The van der Waals surface area contributed by atoms with E-state index in [4.69, 9.17) is 5.73 Å². The van der Waals surface area contributed by atoms with E-state index in [1.807, 2.05) is 12.3 Å². The van der Waals surface area contributed by atoms with Gasteiger partial charge >= 0.3 is 0 Å². The Morgan fingerprint density at radius 2 is 2.11 bits per heavy atom. The largest absolute Gasteiger partial charge is 0.329 e. The highest BCUT2D eigenvalue weighted by Gasteiger charge is 2.35. The summed E-state index contributed by atoms with van der Waals surface area (Å²) in [7, 11) is 4.40. The van der Waals surface area contributed by atoms with Crippen LogP contribution < -0.4 is 5.73 Å². The highest BCUT2D eigenvalue weighted by molar-refractivity contribution is 5.04. The molecule has 1 aromatic rings. The Bertz CT molecular complexity index is 371. The lowest BCUT2D eigenvalue weighted by atomic mass is 9.86. The topological polar surface area (TPSA) is 45.4 Å². The number of nitrogens with zero attached hydrogens (tertiary/aromatic N) is 3. The molecule has 0 atom stereocenters. The molecule has 0 amide bonds. The summed E-state index contributed by atoms with van der Waals surface area (Å²) in [5.41, 5.74) is 7.42. The number of likely N-dealkylation sites (tertiary alicyclic amines) is 1. The minimum Gasteiger partial charge on any atom is -0.329 e. The van der Waals surface area contributed by atoms with Gasteiger partial charge in [-0.05, 0) is 52.2 Å². The van der Waals surface area contributed by atoms with Crippen molar-refractivity contribution < 1.29 is 0 Å². The molecule has 19 heavy (non-hydrogen) atoms. The zero-order valence-corrected chi connectivity index (χ0v) is 12.2. The molecule has 2 heterocycles. The van der Waals surface area contributed by atoms with Crippen LogP contribution in [0.2, 0.25) is 0 Å². The molecule has 0 unspecified atom stereocenters. The van der Waals surface area contributed by atoms with Crippen LogP contribution in [-0.2, 0) is 6.42 Å². The van der Waals surface area contributed by atoms with Crippen molar-refractivity contribution in [2.75, 3.05) is 40.3 Å². The summed E-state index contributed by atoms with van der Waals surface area (Å²) in [6.07, 6.45) is 5.19. The number of likely N-dealkylation sites (N-methyl/N-ethyl adjacent to an activating group) is 1. The van der Waals surface area contributed by atoms with Gasteiger partial charge in [0, 0.05) is 36.9 Å². The Kier molecular flexibility index (Phi) is 4.91. The molecule has 2 rings (SSSR count). The zero-order valence-electron chi connectivity index (χ0n) is 12.2. The van der Waals surface area contributed by atoms with Gasteiger partial charge < -0.3 is 10.6 Å². The van der Waals surface area contributed by atoms with E-state index in [-0.39, 0.29) is 5.54 Å². The quantitative estimate of drug-likeness (QED) is 0.859. The molecule has 0 radical (unpaired) electrons. The van der Waals surface area contributed by atoms with Gasteiger partial charge in [-0.25, -0.2) is 0 Å². The van der Waals surface area contributed by atoms with Crippen molar-refractivity contribution in [1.82, 2.24) is 14.8 Å². The second-order valence-corrected chi connectivity index (χ2v) is 5.72. The molecule has 1 aliphatic heterocycles. The van der Waals surface area contributed by atoms with Gasteiger partial charge in [0.1, 0.15) is 0 Å². The van der Waals surface area contributed by atoms with Crippen LogP contribution in [0.5, 0.6) is 0 Å². The summed E-state index contributed by atoms with van der Waals surface area (Å²) in [5.74, 6) is 0. The lowest BCUT2D eigenvalue weighted by Gasteiger charge is -2.46. The third-order valence-corrected chi connectivity index (χ3v) is 4.54. The van der Waals surface area contributed by atoms with Crippen LogP contribution in [0, 0.1) is 0 Å². The van der Waals surface area contributed by atoms with Gasteiger partial charge in [0.05, 0.1) is 0 Å². The number of aromatic nitrogens is 1. The van der Waals surface area contributed by atoms with Crippen LogP contribution in [0.3, 0.4) is 0 Å². The zero-order chi connectivity index (χ0) is 13.7. The molecule has 1 aliphatic rings. The van der Waals surface area contributed by atoms with Gasteiger partial charge in [0.15, 0.2) is 0 Å². The first-order valence-electron chi connectivity index (χ1n) is 7.16. The Hall–Kier alpha value is -0.970. The SMILES string of the molecule is CN1CCC(CN)(N(C)CCc2ccccn2)CC1. The van der Waals surface area contributed by atoms with Crippen LogP contribution in [0.1, 0.15) is 18.5 Å². The van der Waals surface area contributed by atoms with Gasteiger partial charge in [-0.1, -0.05) is 6.07 Å². The van der Waals surface area contributed by atoms with Crippen LogP contribution in [0.15, 0.2) is 24.4 Å². The minimum absolute atomic E-state index is 0.182.